The van der Waals surface area contributed by atoms with Crippen LogP contribution in [0, 0.1) is 0 Å². The van der Waals surface area contributed by atoms with Crippen LogP contribution in [0.15, 0.2) is 54.9 Å². The molecular formula is C14H13FN2O2. The second kappa shape index (κ2) is 5.48. The monoisotopic (exact) mass is 260 g/mol. The van der Waals surface area contributed by atoms with Gasteiger partial charge in [0.05, 0.1) is 6.20 Å². The van der Waals surface area contributed by atoms with Crippen molar-refractivity contribution < 1.29 is 14.0 Å². The van der Waals surface area contributed by atoms with E-state index in [1.165, 1.54) is 13.1 Å². The fourth-order valence-electron chi connectivity index (χ4n) is 1.73. The van der Waals surface area contributed by atoms with Gasteiger partial charge in [0.2, 0.25) is 5.60 Å². The van der Waals surface area contributed by atoms with E-state index in [4.69, 9.17) is 4.74 Å². The van der Waals surface area contributed by atoms with E-state index in [2.05, 4.69) is 4.98 Å². The number of aromatic nitrogens is 1. The third-order valence-corrected chi connectivity index (χ3v) is 2.80. The predicted molar refractivity (Wildman–Crippen MR) is 67.9 cm³/mol. The summed E-state index contributed by atoms with van der Waals surface area (Å²) in [4.78, 5) is 15.7. The maximum absolute atomic E-state index is 12.6. The molecule has 98 valence electrons. The molecule has 0 aliphatic rings. The molecule has 19 heavy (non-hydrogen) atoms. The largest absolute Gasteiger partial charge is 0.471 e. The van der Waals surface area contributed by atoms with Gasteiger partial charge in [-0.15, -0.1) is 4.48 Å². The van der Waals surface area contributed by atoms with E-state index in [0.29, 0.717) is 11.3 Å². The van der Waals surface area contributed by atoms with Crippen molar-refractivity contribution in [1.82, 2.24) is 10.5 Å². The van der Waals surface area contributed by atoms with Crippen molar-refractivity contribution in [2.45, 2.75) is 12.5 Å². The third-order valence-electron chi connectivity index (χ3n) is 2.80. The Kier molecular flexibility index (Phi) is 3.75. The number of hydrogen-bond donors (Lipinski definition) is 1. The molecule has 0 aliphatic heterocycles. The lowest BCUT2D eigenvalue weighted by Gasteiger charge is -2.28. The molecule has 0 saturated heterocycles. The van der Waals surface area contributed by atoms with Gasteiger partial charge in [-0.3, -0.25) is 9.78 Å². The second-order valence-electron chi connectivity index (χ2n) is 4.11. The van der Waals surface area contributed by atoms with Crippen molar-refractivity contribution in [2.75, 3.05) is 0 Å². The summed E-state index contributed by atoms with van der Waals surface area (Å²) in [6, 6.07) is 12.0. The number of nitrogens with zero attached hydrogens (tertiary/aromatic N) is 1. The van der Waals surface area contributed by atoms with Gasteiger partial charge in [0.1, 0.15) is 5.75 Å². The summed E-state index contributed by atoms with van der Waals surface area (Å²) in [7, 11) is 0. The zero-order chi connectivity index (χ0) is 13.7. The van der Waals surface area contributed by atoms with Gasteiger partial charge in [0, 0.05) is 11.8 Å². The Balaban J connectivity index is 2.39. The molecule has 0 spiro atoms. The highest BCUT2D eigenvalue weighted by atomic mass is 19.2. The number of carbonyl (C=O) groups is 1. The first-order valence-corrected chi connectivity index (χ1v) is 5.72. The molecule has 0 fully saturated rings. The van der Waals surface area contributed by atoms with E-state index in [-0.39, 0.29) is 0 Å². The molecule has 0 aliphatic carbocycles. The van der Waals surface area contributed by atoms with Gasteiger partial charge in [-0.25, -0.2) is 0 Å². The van der Waals surface area contributed by atoms with E-state index in [9.17, 15) is 9.28 Å². The maximum Gasteiger partial charge on any atom is 0.296 e. The highest BCUT2D eigenvalue weighted by Gasteiger charge is 2.38. The average molecular weight is 260 g/mol. The fraction of sp³-hybridized carbons (Fsp3) is 0.143. The zero-order valence-electron chi connectivity index (χ0n) is 10.3. The minimum atomic E-state index is -1.46. The van der Waals surface area contributed by atoms with Crippen LogP contribution in [0.2, 0.25) is 0 Å². The molecule has 0 bridgehead atoms. The summed E-state index contributed by atoms with van der Waals surface area (Å²) < 4.78 is 18.2. The van der Waals surface area contributed by atoms with Gasteiger partial charge in [-0.05, 0) is 19.1 Å². The standard InChI is InChI=1S/C14H13FN2O2/c1-14(13(18)17-15,11-6-3-2-4-7-11)19-12-8-5-9-16-10-12/h2-10H,1H3,(H,17,18). The zero-order valence-corrected chi connectivity index (χ0v) is 10.3. The summed E-state index contributed by atoms with van der Waals surface area (Å²) >= 11 is 0. The number of pyridine rings is 1. The summed E-state index contributed by atoms with van der Waals surface area (Å²) in [5, 5.41) is 0. The van der Waals surface area contributed by atoms with Gasteiger partial charge in [0.15, 0.2) is 0 Å². The molecule has 0 radical (unpaired) electrons. The smallest absolute Gasteiger partial charge is 0.296 e. The Bertz CT molecular complexity index is 548. The Morgan fingerprint density at radius 3 is 2.58 bits per heavy atom. The molecule has 5 heteroatoms. The number of benzene rings is 1. The van der Waals surface area contributed by atoms with E-state index in [1.807, 2.05) is 0 Å². The van der Waals surface area contributed by atoms with Crippen molar-refractivity contribution in [3.8, 4) is 5.75 Å². The van der Waals surface area contributed by atoms with Gasteiger partial charge >= 0.3 is 0 Å². The van der Waals surface area contributed by atoms with Crippen LogP contribution in [0.4, 0.5) is 4.48 Å². The Morgan fingerprint density at radius 1 is 1.26 bits per heavy atom. The van der Waals surface area contributed by atoms with Crippen molar-refractivity contribution in [1.29, 1.82) is 0 Å². The van der Waals surface area contributed by atoms with Crippen LogP contribution in [0.3, 0.4) is 0 Å². The van der Waals surface area contributed by atoms with Gasteiger partial charge in [-0.1, -0.05) is 30.3 Å². The molecule has 1 heterocycles. The Hall–Kier alpha value is -2.43. The first kappa shape index (κ1) is 13.0. The quantitative estimate of drug-likeness (QED) is 0.859. The van der Waals surface area contributed by atoms with E-state index < -0.39 is 11.5 Å². The molecule has 2 aromatic rings. The van der Waals surface area contributed by atoms with Gasteiger partial charge < -0.3 is 4.74 Å². The van der Waals surface area contributed by atoms with Crippen LogP contribution >= 0.6 is 0 Å². The van der Waals surface area contributed by atoms with Crippen LogP contribution in [-0.4, -0.2) is 10.9 Å². The number of amides is 1. The van der Waals surface area contributed by atoms with E-state index >= 15 is 0 Å². The number of carbonyl (C=O) groups excluding carboxylic acids is 1. The molecule has 1 N–H and O–H groups in total. The van der Waals surface area contributed by atoms with Crippen molar-refractivity contribution in [3.05, 3.63) is 60.4 Å². The Morgan fingerprint density at radius 2 is 2.00 bits per heavy atom. The molecule has 0 saturated carbocycles. The van der Waals surface area contributed by atoms with Crippen molar-refractivity contribution in [2.24, 2.45) is 0 Å². The van der Waals surface area contributed by atoms with Gasteiger partial charge in [-0.2, -0.15) is 5.54 Å². The van der Waals surface area contributed by atoms with Gasteiger partial charge in [0.25, 0.3) is 5.91 Å². The van der Waals surface area contributed by atoms with E-state index in [0.717, 1.165) is 5.54 Å². The van der Waals surface area contributed by atoms with E-state index in [1.54, 1.807) is 48.7 Å². The lowest BCUT2D eigenvalue weighted by molar-refractivity contribution is -0.141. The fourth-order valence-corrected chi connectivity index (χ4v) is 1.73. The predicted octanol–water partition coefficient (Wildman–Crippen LogP) is 2.38. The van der Waals surface area contributed by atoms with Crippen molar-refractivity contribution >= 4 is 5.91 Å². The average Bonchev–Trinajstić information content (AvgIpc) is 2.48. The number of nitrogens with one attached hydrogen (secondary N) is 1. The topological polar surface area (TPSA) is 51.2 Å². The minimum absolute atomic E-state index is 0.387. The number of hydrogen-bond acceptors (Lipinski definition) is 3. The Labute approximate surface area is 110 Å². The molecule has 1 aromatic carbocycles. The first-order valence-electron chi connectivity index (χ1n) is 5.72. The molecule has 1 aromatic heterocycles. The lowest BCUT2D eigenvalue weighted by atomic mass is 9.95. The van der Waals surface area contributed by atoms with Crippen LogP contribution in [0.25, 0.3) is 0 Å². The molecule has 1 amide bonds. The van der Waals surface area contributed by atoms with Crippen LogP contribution < -0.4 is 10.3 Å². The number of rotatable bonds is 4. The molecular weight excluding hydrogens is 247 g/mol. The van der Waals surface area contributed by atoms with Crippen molar-refractivity contribution in [3.63, 3.8) is 0 Å². The normalized spacial score (nSPS) is 13.4. The summed E-state index contributed by atoms with van der Waals surface area (Å²) in [5.74, 6) is -0.486. The molecule has 1 atom stereocenters. The molecule has 4 nitrogen and oxygen atoms in total. The number of halogens is 1. The highest BCUT2D eigenvalue weighted by Crippen LogP contribution is 2.28. The third kappa shape index (κ3) is 2.70. The first-order chi connectivity index (χ1) is 9.16. The summed E-state index contributed by atoms with van der Waals surface area (Å²) in [6.07, 6.45) is 3.05. The summed E-state index contributed by atoms with van der Waals surface area (Å²) in [6.45, 7) is 1.50. The number of ether oxygens (including phenoxy) is 1. The molecule has 1 unspecified atom stereocenters. The minimum Gasteiger partial charge on any atom is -0.471 e. The van der Waals surface area contributed by atoms with Crippen LogP contribution in [0.5, 0.6) is 5.75 Å². The van der Waals surface area contributed by atoms with Crippen LogP contribution in [-0.2, 0) is 10.4 Å². The SMILES string of the molecule is CC(Oc1cccnc1)(C(=O)NF)c1ccccc1. The maximum atomic E-state index is 12.6. The lowest BCUT2D eigenvalue weighted by Crippen LogP contribution is -2.44. The summed E-state index contributed by atoms with van der Waals surface area (Å²) in [5.41, 5.74) is 0.231. The van der Waals surface area contributed by atoms with Crippen LogP contribution in [0.1, 0.15) is 12.5 Å². The second-order valence-corrected chi connectivity index (χ2v) is 4.11. The highest BCUT2D eigenvalue weighted by molar-refractivity contribution is 5.85. The molecule has 2 rings (SSSR count).